The molecule has 1 aliphatic heterocycles. The molecule has 1 saturated heterocycles. The summed E-state index contributed by atoms with van der Waals surface area (Å²) in [5.74, 6) is -0.398. The molecule has 30 heavy (non-hydrogen) atoms. The molecule has 2 aromatic heterocycles. The van der Waals surface area contributed by atoms with Crippen molar-refractivity contribution in [1.29, 1.82) is 0 Å². The van der Waals surface area contributed by atoms with Gasteiger partial charge in [0.25, 0.3) is 10.0 Å². The Hall–Kier alpha value is -3.31. The highest BCUT2D eigenvalue weighted by Crippen LogP contribution is 2.25. The van der Waals surface area contributed by atoms with Crippen LogP contribution in [0.4, 0.5) is 5.69 Å². The van der Waals surface area contributed by atoms with Crippen molar-refractivity contribution in [3.8, 4) is 11.4 Å². The number of hydrogen-bond donors (Lipinski definition) is 1. The van der Waals surface area contributed by atoms with Gasteiger partial charge in [-0.05, 0) is 30.7 Å². The van der Waals surface area contributed by atoms with Crippen LogP contribution in [-0.4, -0.2) is 60.7 Å². The quantitative estimate of drug-likeness (QED) is 0.649. The summed E-state index contributed by atoms with van der Waals surface area (Å²) in [6.45, 7) is 3.49. The number of anilines is 1. The van der Waals surface area contributed by atoms with Crippen molar-refractivity contribution in [2.75, 3.05) is 31.0 Å². The maximum absolute atomic E-state index is 12.9. The van der Waals surface area contributed by atoms with E-state index in [0.29, 0.717) is 43.1 Å². The number of aryl methyl sites for hydroxylation is 1. The number of carbonyl (C=O) groups excluding carboxylic acids is 1. The molecule has 4 rings (SSSR count). The Balaban J connectivity index is 1.60. The van der Waals surface area contributed by atoms with Crippen molar-refractivity contribution in [3.05, 3.63) is 54.2 Å². The minimum atomic E-state index is -3.87. The molecule has 0 saturated carbocycles. The highest BCUT2D eigenvalue weighted by Gasteiger charge is 2.25. The van der Waals surface area contributed by atoms with E-state index in [2.05, 4.69) is 19.8 Å². The normalized spacial score (nSPS) is 14.5. The van der Waals surface area contributed by atoms with Gasteiger partial charge in [0, 0.05) is 24.8 Å². The lowest BCUT2D eigenvalue weighted by Gasteiger charge is -2.25. The van der Waals surface area contributed by atoms with Crippen LogP contribution in [0, 0.1) is 6.92 Å². The highest BCUT2D eigenvalue weighted by atomic mass is 32.2. The number of benzene rings is 1. The fraction of sp³-hybridized carbons (Fsp3) is 0.263. The zero-order valence-corrected chi connectivity index (χ0v) is 16.9. The standard InChI is InChI=1S/C19H19N5O5S/c1-13-4-5-14(11-16(13)30(26,27)23-15-3-2-6-20-12-15)17-21-18(29-22-17)19(25)24-7-9-28-10-8-24/h2-6,11-12,23H,7-10H2,1H3. The topological polar surface area (TPSA) is 128 Å². The zero-order chi connectivity index (χ0) is 21.1. The Labute approximate surface area is 172 Å². The number of nitrogens with one attached hydrogen (secondary N) is 1. The third-order valence-corrected chi connectivity index (χ3v) is 6.08. The van der Waals surface area contributed by atoms with E-state index in [1.807, 2.05) is 0 Å². The second kappa shape index (κ2) is 8.20. The maximum atomic E-state index is 12.9. The first kappa shape index (κ1) is 20.0. The van der Waals surface area contributed by atoms with Crippen LogP contribution in [0.3, 0.4) is 0 Å². The number of nitrogens with zero attached hydrogens (tertiary/aromatic N) is 4. The lowest BCUT2D eigenvalue weighted by molar-refractivity contribution is 0.0272. The van der Waals surface area contributed by atoms with Crippen LogP contribution in [0.5, 0.6) is 0 Å². The Bertz CT molecular complexity index is 1160. The average Bonchev–Trinajstić information content (AvgIpc) is 3.25. The van der Waals surface area contributed by atoms with Crippen LogP contribution in [0.15, 0.2) is 52.1 Å². The molecule has 0 unspecified atom stereocenters. The van der Waals surface area contributed by atoms with Crippen LogP contribution in [0.25, 0.3) is 11.4 Å². The van der Waals surface area contributed by atoms with E-state index < -0.39 is 10.0 Å². The van der Waals surface area contributed by atoms with Crippen molar-refractivity contribution in [2.24, 2.45) is 0 Å². The molecule has 0 atom stereocenters. The van der Waals surface area contributed by atoms with Crippen LogP contribution < -0.4 is 4.72 Å². The number of hydrogen-bond acceptors (Lipinski definition) is 8. The third-order valence-electron chi connectivity index (χ3n) is 4.56. The Morgan fingerprint density at radius 2 is 2.00 bits per heavy atom. The number of carbonyl (C=O) groups is 1. The lowest BCUT2D eigenvalue weighted by Crippen LogP contribution is -2.40. The number of rotatable bonds is 5. The molecule has 1 fully saturated rings. The van der Waals surface area contributed by atoms with Gasteiger partial charge in [-0.15, -0.1) is 0 Å². The average molecular weight is 429 g/mol. The van der Waals surface area contributed by atoms with Gasteiger partial charge in [-0.25, -0.2) is 8.42 Å². The number of sulfonamides is 1. The van der Waals surface area contributed by atoms with Gasteiger partial charge in [0.05, 0.1) is 30.0 Å². The number of ether oxygens (including phenoxy) is 1. The molecule has 0 aliphatic carbocycles. The Morgan fingerprint density at radius 3 is 2.73 bits per heavy atom. The number of aromatic nitrogens is 3. The second-order valence-corrected chi connectivity index (χ2v) is 8.31. The molecule has 156 valence electrons. The van der Waals surface area contributed by atoms with Gasteiger partial charge >= 0.3 is 11.8 Å². The number of amides is 1. The summed E-state index contributed by atoms with van der Waals surface area (Å²) in [7, 11) is -3.87. The molecule has 1 aromatic carbocycles. The van der Waals surface area contributed by atoms with E-state index in [-0.39, 0.29) is 22.5 Å². The van der Waals surface area contributed by atoms with Gasteiger partial charge in [-0.1, -0.05) is 17.3 Å². The second-order valence-electron chi connectivity index (χ2n) is 6.66. The van der Waals surface area contributed by atoms with Crippen molar-refractivity contribution in [2.45, 2.75) is 11.8 Å². The van der Waals surface area contributed by atoms with Gasteiger partial charge in [-0.2, -0.15) is 4.98 Å². The van der Waals surface area contributed by atoms with Crippen molar-refractivity contribution in [1.82, 2.24) is 20.0 Å². The molecule has 1 aliphatic rings. The lowest BCUT2D eigenvalue weighted by atomic mass is 10.1. The molecular formula is C19H19N5O5S. The summed E-state index contributed by atoms with van der Waals surface area (Å²) in [5.41, 5.74) is 1.31. The van der Waals surface area contributed by atoms with E-state index in [4.69, 9.17) is 9.26 Å². The van der Waals surface area contributed by atoms with Crippen molar-refractivity contribution >= 4 is 21.6 Å². The summed E-state index contributed by atoms with van der Waals surface area (Å²) in [6.07, 6.45) is 2.97. The minimum Gasteiger partial charge on any atom is -0.378 e. The third kappa shape index (κ3) is 4.16. The van der Waals surface area contributed by atoms with Gasteiger partial charge < -0.3 is 14.2 Å². The maximum Gasteiger partial charge on any atom is 0.316 e. The highest BCUT2D eigenvalue weighted by molar-refractivity contribution is 7.92. The molecule has 11 heteroatoms. The largest absolute Gasteiger partial charge is 0.378 e. The predicted molar refractivity (Wildman–Crippen MR) is 106 cm³/mol. The van der Waals surface area contributed by atoms with E-state index >= 15 is 0 Å². The summed E-state index contributed by atoms with van der Waals surface area (Å²) in [4.78, 5) is 22.2. The molecule has 0 spiro atoms. The van der Waals surface area contributed by atoms with E-state index in [9.17, 15) is 13.2 Å². The predicted octanol–water partition coefficient (Wildman–Crippen LogP) is 1.71. The van der Waals surface area contributed by atoms with E-state index in [1.54, 1.807) is 42.3 Å². The van der Waals surface area contributed by atoms with E-state index in [0.717, 1.165) is 0 Å². The molecular weight excluding hydrogens is 410 g/mol. The Kier molecular flexibility index (Phi) is 5.46. The molecule has 1 amide bonds. The van der Waals surface area contributed by atoms with Crippen molar-refractivity contribution in [3.63, 3.8) is 0 Å². The first-order valence-corrected chi connectivity index (χ1v) is 10.7. The molecule has 1 N–H and O–H groups in total. The Morgan fingerprint density at radius 1 is 1.20 bits per heavy atom. The fourth-order valence-electron chi connectivity index (χ4n) is 2.99. The number of morpholine rings is 1. The van der Waals surface area contributed by atoms with Crippen LogP contribution >= 0.6 is 0 Å². The first-order valence-electron chi connectivity index (χ1n) is 9.19. The summed E-state index contributed by atoms with van der Waals surface area (Å²) >= 11 is 0. The minimum absolute atomic E-state index is 0.0645. The van der Waals surface area contributed by atoms with Gasteiger partial charge in [-0.3, -0.25) is 14.5 Å². The molecule has 0 radical (unpaired) electrons. The first-order chi connectivity index (χ1) is 14.4. The molecule has 3 aromatic rings. The SMILES string of the molecule is Cc1ccc(-c2noc(C(=O)N3CCOCC3)n2)cc1S(=O)(=O)Nc1cccnc1. The molecule has 10 nitrogen and oxygen atoms in total. The van der Waals surface area contributed by atoms with Crippen LogP contribution in [0.1, 0.15) is 16.2 Å². The van der Waals surface area contributed by atoms with Gasteiger partial charge in [0.15, 0.2) is 0 Å². The monoisotopic (exact) mass is 429 g/mol. The zero-order valence-electron chi connectivity index (χ0n) is 16.1. The van der Waals surface area contributed by atoms with Gasteiger partial charge in [0.1, 0.15) is 0 Å². The fourth-order valence-corrected chi connectivity index (χ4v) is 4.31. The van der Waals surface area contributed by atoms with Crippen LogP contribution in [-0.2, 0) is 14.8 Å². The summed E-state index contributed by atoms with van der Waals surface area (Å²) in [6, 6.07) is 8.00. The molecule has 0 bridgehead atoms. The summed E-state index contributed by atoms with van der Waals surface area (Å²) in [5, 5.41) is 3.85. The number of pyridine rings is 1. The summed E-state index contributed by atoms with van der Waals surface area (Å²) < 4.78 is 38.5. The smallest absolute Gasteiger partial charge is 0.316 e. The van der Waals surface area contributed by atoms with Crippen molar-refractivity contribution < 1.29 is 22.5 Å². The van der Waals surface area contributed by atoms with E-state index in [1.165, 1.54) is 12.3 Å². The molecule has 3 heterocycles. The van der Waals surface area contributed by atoms with Crippen LogP contribution in [0.2, 0.25) is 0 Å². The van der Waals surface area contributed by atoms with Gasteiger partial charge in [0.2, 0.25) is 5.82 Å².